The minimum Gasteiger partial charge on any atom is -0.310 e. The Balaban J connectivity index is 1.03. The Labute approximate surface area is 385 Å². The summed E-state index contributed by atoms with van der Waals surface area (Å²) in [5, 5.41) is 4.99. The molecular formula is C64H44N2. The Bertz CT molecular complexity index is 3620. The van der Waals surface area contributed by atoms with Gasteiger partial charge in [0.1, 0.15) is 0 Å². The van der Waals surface area contributed by atoms with Gasteiger partial charge in [-0.15, -0.1) is 0 Å². The van der Waals surface area contributed by atoms with Crippen LogP contribution < -0.4 is 4.90 Å². The summed E-state index contributed by atoms with van der Waals surface area (Å²) in [6, 6.07) is 96.9. The smallest absolute Gasteiger partial charge is 0.0541 e. The third-order valence-corrected chi connectivity index (χ3v) is 13.0. The van der Waals surface area contributed by atoms with Crippen molar-refractivity contribution < 1.29 is 0 Å². The molecule has 1 aromatic heterocycles. The number of rotatable bonds is 9. The van der Waals surface area contributed by atoms with Crippen LogP contribution in [0.25, 0.3) is 93.9 Å². The number of benzene rings is 11. The van der Waals surface area contributed by atoms with Crippen LogP contribution in [0.2, 0.25) is 0 Å². The highest BCUT2D eigenvalue weighted by Crippen LogP contribution is 2.46. The molecule has 2 heteroatoms. The van der Waals surface area contributed by atoms with Crippen LogP contribution in [0.1, 0.15) is 0 Å². The molecule has 12 aromatic rings. The van der Waals surface area contributed by atoms with Crippen molar-refractivity contribution in [1.82, 2.24) is 4.57 Å². The number of nitrogens with zero attached hydrogens (tertiary/aromatic N) is 2. The number of fused-ring (bicyclic) bond motifs is 4. The van der Waals surface area contributed by atoms with Crippen LogP contribution in [0, 0.1) is 0 Å². The highest BCUT2D eigenvalue weighted by atomic mass is 15.1. The fourth-order valence-electron chi connectivity index (χ4n) is 9.94. The van der Waals surface area contributed by atoms with Crippen LogP contribution in [0.4, 0.5) is 17.1 Å². The molecule has 0 unspecified atom stereocenters. The van der Waals surface area contributed by atoms with E-state index in [4.69, 9.17) is 0 Å². The van der Waals surface area contributed by atoms with Crippen LogP contribution >= 0.6 is 0 Å². The summed E-state index contributed by atoms with van der Waals surface area (Å²) in [6.07, 6.45) is 0. The number of aromatic nitrogens is 1. The Kier molecular flexibility index (Phi) is 9.89. The number of hydrogen-bond acceptors (Lipinski definition) is 1. The van der Waals surface area contributed by atoms with Gasteiger partial charge in [-0.2, -0.15) is 0 Å². The molecule has 0 fully saturated rings. The van der Waals surface area contributed by atoms with Crippen LogP contribution in [0.5, 0.6) is 0 Å². The van der Waals surface area contributed by atoms with E-state index in [9.17, 15) is 0 Å². The molecule has 2 nitrogen and oxygen atoms in total. The number of anilines is 3. The molecular weight excluding hydrogens is 797 g/mol. The van der Waals surface area contributed by atoms with Gasteiger partial charge in [0.2, 0.25) is 0 Å². The summed E-state index contributed by atoms with van der Waals surface area (Å²) in [5.74, 6) is 0. The molecule has 0 N–H and O–H groups in total. The molecule has 0 saturated carbocycles. The van der Waals surface area contributed by atoms with Gasteiger partial charge in [-0.3, -0.25) is 0 Å². The second-order valence-corrected chi connectivity index (χ2v) is 16.9. The maximum atomic E-state index is 2.42. The van der Waals surface area contributed by atoms with Crippen molar-refractivity contribution in [3.05, 3.63) is 267 Å². The molecule has 310 valence electrons. The van der Waals surface area contributed by atoms with Crippen molar-refractivity contribution in [2.75, 3.05) is 4.90 Å². The molecule has 0 bridgehead atoms. The maximum Gasteiger partial charge on any atom is 0.0541 e. The zero-order chi connectivity index (χ0) is 43.8. The van der Waals surface area contributed by atoms with E-state index in [-0.39, 0.29) is 0 Å². The van der Waals surface area contributed by atoms with Gasteiger partial charge in [0.05, 0.1) is 16.7 Å². The standard InChI is InChI=1S/C64H44N2/c1-3-18-45(19-4-1)49-36-43-57(61(44-49)47-20-5-2-6-21-47)55-25-9-10-26-56(55)58-27-11-14-31-62(58)65(50-37-34-48(35-38-50)54-30-17-23-46-22-7-8-24-53(46)54)51-39-41-52(42-40-51)66-63-32-15-12-28-59(63)60-29-13-16-33-64(60)66/h1-44H. The summed E-state index contributed by atoms with van der Waals surface area (Å²) in [6.45, 7) is 0. The van der Waals surface area contributed by atoms with Crippen LogP contribution in [0.15, 0.2) is 267 Å². The van der Waals surface area contributed by atoms with E-state index >= 15 is 0 Å². The molecule has 12 rings (SSSR count). The lowest BCUT2D eigenvalue weighted by molar-refractivity contribution is 1.17. The van der Waals surface area contributed by atoms with E-state index in [0.29, 0.717) is 0 Å². The highest BCUT2D eigenvalue weighted by molar-refractivity contribution is 6.09. The minimum atomic E-state index is 1.07. The maximum absolute atomic E-state index is 2.42. The normalized spacial score (nSPS) is 11.3. The van der Waals surface area contributed by atoms with E-state index in [0.717, 1.165) is 33.9 Å². The Morgan fingerprint density at radius 2 is 0.712 bits per heavy atom. The van der Waals surface area contributed by atoms with Gasteiger partial charge >= 0.3 is 0 Å². The van der Waals surface area contributed by atoms with E-state index < -0.39 is 0 Å². The zero-order valence-corrected chi connectivity index (χ0v) is 36.3. The predicted octanol–water partition coefficient (Wildman–Crippen LogP) is 17.7. The molecule has 0 radical (unpaired) electrons. The van der Waals surface area contributed by atoms with Gasteiger partial charge in [-0.1, -0.05) is 206 Å². The molecule has 0 spiro atoms. The Hall–Kier alpha value is -8.72. The van der Waals surface area contributed by atoms with Crippen LogP contribution in [-0.2, 0) is 0 Å². The largest absolute Gasteiger partial charge is 0.310 e. The number of hydrogen-bond donors (Lipinski definition) is 0. The summed E-state index contributed by atoms with van der Waals surface area (Å²) >= 11 is 0. The van der Waals surface area contributed by atoms with Gasteiger partial charge in [-0.25, -0.2) is 0 Å². The highest BCUT2D eigenvalue weighted by Gasteiger charge is 2.22. The topological polar surface area (TPSA) is 8.17 Å². The lowest BCUT2D eigenvalue weighted by Crippen LogP contribution is -2.11. The van der Waals surface area contributed by atoms with Crippen LogP contribution in [0.3, 0.4) is 0 Å². The lowest BCUT2D eigenvalue weighted by atomic mass is 9.87. The molecule has 0 atom stereocenters. The van der Waals surface area contributed by atoms with Crippen molar-refractivity contribution in [3.63, 3.8) is 0 Å². The zero-order valence-electron chi connectivity index (χ0n) is 36.3. The van der Waals surface area contributed by atoms with Crippen molar-refractivity contribution >= 4 is 49.6 Å². The van der Waals surface area contributed by atoms with Gasteiger partial charge in [0.25, 0.3) is 0 Å². The molecule has 0 aliphatic rings. The second kappa shape index (κ2) is 16.8. The summed E-state index contributed by atoms with van der Waals surface area (Å²) in [4.78, 5) is 2.42. The van der Waals surface area contributed by atoms with Gasteiger partial charge in [-0.05, 0) is 122 Å². The van der Waals surface area contributed by atoms with Gasteiger partial charge in [0.15, 0.2) is 0 Å². The van der Waals surface area contributed by atoms with Crippen molar-refractivity contribution in [2.24, 2.45) is 0 Å². The van der Waals surface area contributed by atoms with Crippen molar-refractivity contribution in [3.8, 4) is 61.3 Å². The average molecular weight is 841 g/mol. The molecule has 11 aromatic carbocycles. The summed E-state index contributed by atoms with van der Waals surface area (Å²) in [7, 11) is 0. The molecule has 0 aliphatic carbocycles. The van der Waals surface area contributed by atoms with Crippen molar-refractivity contribution in [1.29, 1.82) is 0 Å². The van der Waals surface area contributed by atoms with E-state index in [1.165, 1.54) is 77.1 Å². The quantitative estimate of drug-likeness (QED) is 0.141. The Morgan fingerprint density at radius 3 is 1.39 bits per heavy atom. The van der Waals surface area contributed by atoms with Gasteiger partial charge < -0.3 is 9.47 Å². The fourth-order valence-corrected chi connectivity index (χ4v) is 9.94. The van der Waals surface area contributed by atoms with Crippen LogP contribution in [-0.4, -0.2) is 4.57 Å². The van der Waals surface area contributed by atoms with E-state index in [1.54, 1.807) is 0 Å². The molecule has 0 aliphatic heterocycles. The minimum absolute atomic E-state index is 1.07. The SMILES string of the molecule is c1ccc(-c2ccc(-c3ccccc3-c3ccccc3N(c3ccc(-c4cccc5ccccc45)cc3)c3ccc(-n4c5ccccc5c5ccccc54)cc3)c(-c3ccccc3)c2)cc1. The fraction of sp³-hybridized carbons (Fsp3) is 0. The molecule has 0 saturated heterocycles. The third-order valence-electron chi connectivity index (χ3n) is 13.0. The molecule has 0 amide bonds. The number of para-hydroxylation sites is 3. The molecule has 1 heterocycles. The van der Waals surface area contributed by atoms with E-state index in [1.807, 2.05) is 0 Å². The summed E-state index contributed by atoms with van der Waals surface area (Å²) < 4.78 is 2.38. The predicted molar refractivity (Wildman–Crippen MR) is 280 cm³/mol. The first-order valence-electron chi connectivity index (χ1n) is 22.7. The third kappa shape index (κ3) is 6.93. The first-order valence-corrected chi connectivity index (χ1v) is 22.7. The second-order valence-electron chi connectivity index (χ2n) is 16.9. The van der Waals surface area contributed by atoms with Crippen molar-refractivity contribution in [2.45, 2.75) is 0 Å². The summed E-state index contributed by atoms with van der Waals surface area (Å²) in [5.41, 5.74) is 18.6. The monoisotopic (exact) mass is 840 g/mol. The Morgan fingerprint density at radius 1 is 0.258 bits per heavy atom. The lowest BCUT2D eigenvalue weighted by Gasteiger charge is -2.29. The molecule has 66 heavy (non-hydrogen) atoms. The first-order chi connectivity index (χ1) is 32.8. The van der Waals surface area contributed by atoms with Gasteiger partial charge in [0, 0.05) is 33.4 Å². The van der Waals surface area contributed by atoms with E-state index in [2.05, 4.69) is 276 Å². The first kappa shape index (κ1) is 38.9. The average Bonchev–Trinajstić information content (AvgIpc) is 3.74.